The third-order valence-electron chi connectivity index (χ3n) is 4.76. The summed E-state index contributed by atoms with van der Waals surface area (Å²) in [6.45, 7) is 3.50. The van der Waals surface area contributed by atoms with Crippen molar-refractivity contribution >= 4 is 39.5 Å². The number of nitriles is 1. The molecule has 3 aromatic rings. The molecule has 6 heteroatoms. The Morgan fingerprint density at radius 1 is 1.13 bits per heavy atom. The van der Waals surface area contributed by atoms with E-state index >= 15 is 0 Å². The largest absolute Gasteiger partial charge is 0.456 e. The Kier molecular flexibility index (Phi) is 5.10. The van der Waals surface area contributed by atoms with E-state index in [4.69, 9.17) is 4.42 Å². The minimum absolute atomic E-state index is 0.0189. The molecule has 1 aliphatic heterocycles. The molecule has 146 valence electrons. The highest BCUT2D eigenvalue weighted by molar-refractivity contribution is 7.19. The highest BCUT2D eigenvalue weighted by Crippen LogP contribution is 2.32. The monoisotopic (exact) mass is 412 g/mol. The molecular weight excluding hydrogens is 396 g/mol. The first-order chi connectivity index (χ1) is 14.5. The van der Waals surface area contributed by atoms with E-state index in [1.165, 1.54) is 11.3 Å². The molecule has 0 atom stereocenters. The predicted octanol–water partition coefficient (Wildman–Crippen LogP) is 4.51. The van der Waals surface area contributed by atoms with Crippen molar-refractivity contribution in [3.8, 4) is 17.9 Å². The molecule has 1 aliphatic rings. The third-order valence-corrected chi connectivity index (χ3v) is 5.74. The molecule has 0 radical (unpaired) electrons. The Hall–Kier alpha value is -3.87. The van der Waals surface area contributed by atoms with Crippen molar-refractivity contribution in [2.75, 3.05) is 6.54 Å². The topological polar surface area (TPSA) is 74.3 Å². The molecule has 1 aromatic carbocycles. The molecule has 5 nitrogen and oxygen atoms in total. The number of likely N-dealkylation sites (N-methyl/N-ethyl adjacent to an activating group) is 1. The van der Waals surface area contributed by atoms with E-state index in [0.717, 1.165) is 20.0 Å². The van der Waals surface area contributed by atoms with Gasteiger partial charge >= 0.3 is 0 Å². The number of carbonyl (C=O) groups excluding carboxylic acids is 2. The molecule has 0 fully saturated rings. The molecule has 3 heterocycles. The average molecular weight is 412 g/mol. The zero-order chi connectivity index (χ0) is 21.3. The van der Waals surface area contributed by atoms with E-state index in [2.05, 4.69) is 11.8 Å². The first-order valence-corrected chi connectivity index (χ1v) is 10.1. The van der Waals surface area contributed by atoms with Gasteiger partial charge in [0, 0.05) is 29.8 Å². The van der Waals surface area contributed by atoms with Crippen LogP contribution in [-0.4, -0.2) is 23.3 Å². The zero-order valence-electron chi connectivity index (χ0n) is 16.4. The van der Waals surface area contributed by atoms with Gasteiger partial charge in [0.05, 0.1) is 9.58 Å². The number of hydrogen-bond donors (Lipinski definition) is 0. The number of fused-ring (bicyclic) bond motifs is 1. The van der Waals surface area contributed by atoms with Crippen LogP contribution in [0.5, 0.6) is 0 Å². The number of thiophene rings is 1. The molecule has 2 aromatic heterocycles. The fourth-order valence-corrected chi connectivity index (χ4v) is 4.08. The summed E-state index contributed by atoms with van der Waals surface area (Å²) in [5.41, 5.74) is 2.26. The average Bonchev–Trinajstić information content (AvgIpc) is 3.29. The molecule has 0 saturated heterocycles. The third kappa shape index (κ3) is 3.45. The van der Waals surface area contributed by atoms with Gasteiger partial charge in [0.15, 0.2) is 0 Å². The van der Waals surface area contributed by atoms with Crippen LogP contribution in [0.15, 0.2) is 63.6 Å². The lowest BCUT2D eigenvalue weighted by Crippen LogP contribution is -2.42. The molecule has 4 rings (SSSR count). The highest BCUT2D eigenvalue weighted by Gasteiger charge is 2.34. The standard InChI is InChI=1S/C24H16N2O3S/c1-3-26-23(27)19(15(2)20(14-25)24(26)28)11-17-12-22-21(29-17)13-18(30-22)10-9-16-7-5-4-6-8-16/h4-8,11-13H,3H2,1-2H3/b19-11-. The van der Waals surface area contributed by atoms with Crippen LogP contribution in [0.4, 0.5) is 0 Å². The highest BCUT2D eigenvalue weighted by atomic mass is 32.1. The van der Waals surface area contributed by atoms with Gasteiger partial charge in [0.25, 0.3) is 11.8 Å². The van der Waals surface area contributed by atoms with Crippen LogP contribution in [0.25, 0.3) is 16.4 Å². The fourth-order valence-electron chi connectivity index (χ4n) is 3.20. The van der Waals surface area contributed by atoms with E-state index < -0.39 is 11.8 Å². The number of imide groups is 1. The molecule has 0 aliphatic carbocycles. The number of hydrogen-bond acceptors (Lipinski definition) is 5. The van der Waals surface area contributed by atoms with E-state index in [1.807, 2.05) is 48.5 Å². The van der Waals surface area contributed by atoms with Crippen molar-refractivity contribution in [1.29, 1.82) is 5.26 Å². The summed E-state index contributed by atoms with van der Waals surface area (Å²) in [6.07, 6.45) is 1.59. The maximum absolute atomic E-state index is 12.7. The van der Waals surface area contributed by atoms with Crippen LogP contribution in [-0.2, 0) is 9.59 Å². The van der Waals surface area contributed by atoms with Crippen LogP contribution >= 0.6 is 11.3 Å². The van der Waals surface area contributed by atoms with Gasteiger partial charge < -0.3 is 4.42 Å². The molecule has 30 heavy (non-hydrogen) atoms. The van der Waals surface area contributed by atoms with E-state index in [9.17, 15) is 14.9 Å². The van der Waals surface area contributed by atoms with Crippen molar-refractivity contribution in [3.63, 3.8) is 0 Å². The SMILES string of the molecule is CCN1C(=O)C(C#N)=C(C)/C(=C/c2cc3sc(C#Cc4ccccc4)cc3o2)C1=O. The summed E-state index contributed by atoms with van der Waals surface area (Å²) in [4.78, 5) is 26.9. The number of carbonyl (C=O) groups is 2. The molecule has 0 bridgehead atoms. The van der Waals surface area contributed by atoms with Crippen LogP contribution < -0.4 is 0 Å². The summed E-state index contributed by atoms with van der Waals surface area (Å²) < 4.78 is 6.78. The Balaban J connectivity index is 1.68. The lowest BCUT2D eigenvalue weighted by atomic mass is 9.95. The van der Waals surface area contributed by atoms with Gasteiger partial charge in [-0.2, -0.15) is 5.26 Å². The summed E-state index contributed by atoms with van der Waals surface area (Å²) in [5.74, 6) is 5.77. The van der Waals surface area contributed by atoms with Crippen LogP contribution in [0, 0.1) is 23.2 Å². The predicted molar refractivity (Wildman–Crippen MR) is 115 cm³/mol. The van der Waals surface area contributed by atoms with Gasteiger partial charge in [-0.3, -0.25) is 14.5 Å². The van der Waals surface area contributed by atoms with Gasteiger partial charge in [-0.05, 0) is 37.6 Å². The number of benzene rings is 1. The first kappa shape index (κ1) is 19.4. The normalized spacial score (nSPS) is 15.5. The number of amides is 2. The van der Waals surface area contributed by atoms with Gasteiger partial charge in [0.2, 0.25) is 0 Å². The van der Waals surface area contributed by atoms with Gasteiger partial charge in [-0.25, -0.2) is 0 Å². The molecule has 0 unspecified atom stereocenters. The summed E-state index contributed by atoms with van der Waals surface area (Å²) in [5, 5.41) is 9.33. The maximum atomic E-state index is 12.7. The smallest absolute Gasteiger partial charge is 0.271 e. The second-order valence-electron chi connectivity index (χ2n) is 6.63. The Labute approximate surface area is 177 Å². The lowest BCUT2D eigenvalue weighted by molar-refractivity contribution is -0.140. The van der Waals surface area contributed by atoms with Gasteiger partial charge in [-0.1, -0.05) is 30.0 Å². The van der Waals surface area contributed by atoms with Crippen molar-refractivity contribution in [1.82, 2.24) is 4.90 Å². The second-order valence-corrected chi connectivity index (χ2v) is 7.71. The fraction of sp³-hybridized carbons (Fsp3) is 0.125. The Morgan fingerprint density at radius 2 is 1.90 bits per heavy atom. The summed E-state index contributed by atoms with van der Waals surface area (Å²) >= 11 is 1.50. The van der Waals surface area contributed by atoms with E-state index in [-0.39, 0.29) is 12.1 Å². The number of furan rings is 1. The zero-order valence-corrected chi connectivity index (χ0v) is 17.2. The Bertz CT molecular complexity index is 1310. The minimum atomic E-state index is -0.554. The first-order valence-electron chi connectivity index (χ1n) is 9.31. The molecule has 0 saturated carbocycles. The Morgan fingerprint density at radius 3 is 2.57 bits per heavy atom. The van der Waals surface area contributed by atoms with Crippen LogP contribution in [0.3, 0.4) is 0 Å². The molecule has 0 spiro atoms. The van der Waals surface area contributed by atoms with E-state index in [1.54, 1.807) is 19.9 Å². The van der Waals surface area contributed by atoms with Crippen molar-refractivity contribution < 1.29 is 14.0 Å². The minimum Gasteiger partial charge on any atom is -0.456 e. The summed E-state index contributed by atoms with van der Waals surface area (Å²) in [6, 6.07) is 15.3. The maximum Gasteiger partial charge on any atom is 0.271 e. The van der Waals surface area contributed by atoms with Crippen molar-refractivity contribution in [3.05, 3.63) is 75.4 Å². The van der Waals surface area contributed by atoms with Gasteiger partial charge in [-0.15, -0.1) is 11.3 Å². The lowest BCUT2D eigenvalue weighted by Gasteiger charge is -2.25. The molecule has 2 amide bonds. The number of nitrogens with zero attached hydrogens (tertiary/aromatic N) is 2. The summed E-state index contributed by atoms with van der Waals surface area (Å²) in [7, 11) is 0. The molecular formula is C24H16N2O3S. The quantitative estimate of drug-likeness (QED) is 0.353. The van der Waals surface area contributed by atoms with Gasteiger partial charge in [0.1, 0.15) is 23.0 Å². The second kappa shape index (κ2) is 7.87. The van der Waals surface area contributed by atoms with Crippen LogP contribution in [0.2, 0.25) is 0 Å². The number of rotatable bonds is 2. The van der Waals surface area contributed by atoms with Crippen LogP contribution in [0.1, 0.15) is 30.0 Å². The van der Waals surface area contributed by atoms with Crippen molar-refractivity contribution in [2.24, 2.45) is 0 Å². The van der Waals surface area contributed by atoms with Crippen molar-refractivity contribution in [2.45, 2.75) is 13.8 Å². The molecule has 0 N–H and O–H groups in total. The van der Waals surface area contributed by atoms with E-state index in [0.29, 0.717) is 22.5 Å².